The highest BCUT2D eigenvalue weighted by molar-refractivity contribution is 9.10. The summed E-state index contributed by atoms with van der Waals surface area (Å²) >= 11 is 3.30. The van der Waals surface area contributed by atoms with Gasteiger partial charge in [-0.1, -0.05) is 12.1 Å². The molecule has 0 spiro atoms. The van der Waals surface area contributed by atoms with Crippen molar-refractivity contribution in [3.8, 4) is 5.75 Å². The summed E-state index contributed by atoms with van der Waals surface area (Å²) in [6.45, 7) is 1.52. The Kier molecular flexibility index (Phi) is 4.90. The Labute approximate surface area is 129 Å². The molecule has 0 heterocycles. The Morgan fingerprint density at radius 1 is 1.24 bits per heavy atom. The van der Waals surface area contributed by atoms with Gasteiger partial charge < -0.3 is 10.1 Å². The number of carbonyl (C=O) groups excluding carboxylic acids is 1. The van der Waals surface area contributed by atoms with Crippen LogP contribution in [0.3, 0.4) is 0 Å². The summed E-state index contributed by atoms with van der Waals surface area (Å²) in [6, 6.07) is 9.87. The van der Waals surface area contributed by atoms with Gasteiger partial charge in [0.2, 0.25) is 0 Å². The topological polar surface area (TPSA) is 38.3 Å². The van der Waals surface area contributed by atoms with Gasteiger partial charge in [-0.2, -0.15) is 0 Å². The predicted molar refractivity (Wildman–Crippen MR) is 79.2 cm³/mol. The van der Waals surface area contributed by atoms with E-state index in [1.54, 1.807) is 18.2 Å². The van der Waals surface area contributed by atoms with Crippen LogP contribution < -0.4 is 10.1 Å². The number of anilines is 1. The second kappa shape index (κ2) is 6.67. The first-order valence-corrected chi connectivity index (χ1v) is 6.94. The molecule has 0 aliphatic carbocycles. The van der Waals surface area contributed by atoms with Gasteiger partial charge in [0.25, 0.3) is 5.91 Å². The van der Waals surface area contributed by atoms with Gasteiger partial charge in [0, 0.05) is 6.07 Å². The minimum absolute atomic E-state index is 0.220. The van der Waals surface area contributed by atoms with E-state index in [2.05, 4.69) is 21.2 Å². The van der Waals surface area contributed by atoms with Crippen molar-refractivity contribution in [2.45, 2.75) is 13.0 Å². The van der Waals surface area contributed by atoms with Crippen molar-refractivity contribution in [3.63, 3.8) is 0 Å². The Hall–Kier alpha value is -1.95. The van der Waals surface area contributed by atoms with Crippen molar-refractivity contribution in [1.29, 1.82) is 0 Å². The van der Waals surface area contributed by atoms with Crippen LogP contribution >= 0.6 is 15.9 Å². The third-order valence-corrected chi connectivity index (χ3v) is 3.35. The first-order chi connectivity index (χ1) is 9.97. The van der Waals surface area contributed by atoms with E-state index >= 15 is 0 Å². The summed E-state index contributed by atoms with van der Waals surface area (Å²) in [4.78, 5) is 12.0. The van der Waals surface area contributed by atoms with E-state index in [0.29, 0.717) is 10.2 Å². The quantitative estimate of drug-likeness (QED) is 0.895. The fourth-order valence-corrected chi connectivity index (χ4v) is 1.99. The average Bonchev–Trinajstić information content (AvgIpc) is 2.45. The molecule has 21 heavy (non-hydrogen) atoms. The molecule has 2 aromatic carbocycles. The van der Waals surface area contributed by atoms with Crippen LogP contribution in [0.25, 0.3) is 0 Å². The van der Waals surface area contributed by atoms with E-state index in [1.807, 2.05) is 6.07 Å². The van der Waals surface area contributed by atoms with Crippen LogP contribution in [0.4, 0.5) is 14.5 Å². The monoisotopic (exact) mass is 355 g/mol. The number of amides is 1. The van der Waals surface area contributed by atoms with Crippen molar-refractivity contribution < 1.29 is 18.3 Å². The lowest BCUT2D eigenvalue weighted by molar-refractivity contribution is -0.122. The molecule has 3 nitrogen and oxygen atoms in total. The Morgan fingerprint density at radius 3 is 2.67 bits per heavy atom. The first-order valence-electron chi connectivity index (χ1n) is 6.14. The zero-order valence-corrected chi connectivity index (χ0v) is 12.7. The number of hydrogen-bond acceptors (Lipinski definition) is 2. The highest BCUT2D eigenvalue weighted by Gasteiger charge is 2.17. The van der Waals surface area contributed by atoms with E-state index in [1.165, 1.54) is 6.92 Å². The van der Waals surface area contributed by atoms with Gasteiger partial charge in [-0.25, -0.2) is 8.78 Å². The predicted octanol–water partition coefficient (Wildman–Crippen LogP) is 4.13. The van der Waals surface area contributed by atoms with Gasteiger partial charge in [0.1, 0.15) is 17.4 Å². The lowest BCUT2D eigenvalue weighted by atomic mass is 10.2. The molecule has 0 saturated heterocycles. The molecule has 0 unspecified atom stereocenters. The SMILES string of the molecule is C[C@@H](Oc1ccccc1Br)C(=O)Nc1cc(F)ccc1F. The zero-order valence-electron chi connectivity index (χ0n) is 11.1. The molecule has 1 atom stereocenters. The number of ether oxygens (including phenoxy) is 1. The minimum atomic E-state index is -0.869. The Balaban J connectivity index is 2.06. The lowest BCUT2D eigenvalue weighted by Crippen LogP contribution is -2.30. The highest BCUT2D eigenvalue weighted by Crippen LogP contribution is 2.25. The zero-order chi connectivity index (χ0) is 15.4. The molecule has 0 aromatic heterocycles. The highest BCUT2D eigenvalue weighted by atomic mass is 79.9. The number of carbonyl (C=O) groups is 1. The molecular formula is C15H12BrF2NO2. The van der Waals surface area contributed by atoms with Crippen LogP contribution in [0.5, 0.6) is 5.75 Å². The van der Waals surface area contributed by atoms with Gasteiger partial charge in [-0.05, 0) is 47.1 Å². The minimum Gasteiger partial charge on any atom is -0.480 e. The van der Waals surface area contributed by atoms with Gasteiger partial charge >= 0.3 is 0 Å². The Bertz CT molecular complexity index is 664. The summed E-state index contributed by atoms with van der Waals surface area (Å²) < 4.78 is 32.7. The maximum Gasteiger partial charge on any atom is 0.265 e. The van der Waals surface area contributed by atoms with E-state index in [0.717, 1.165) is 18.2 Å². The molecule has 0 aliphatic rings. The van der Waals surface area contributed by atoms with Gasteiger partial charge in [0.05, 0.1) is 10.2 Å². The fourth-order valence-electron chi connectivity index (χ4n) is 1.61. The molecule has 1 N–H and O–H groups in total. The Morgan fingerprint density at radius 2 is 1.95 bits per heavy atom. The van der Waals surface area contributed by atoms with E-state index in [-0.39, 0.29) is 5.69 Å². The van der Waals surface area contributed by atoms with E-state index in [4.69, 9.17) is 4.74 Å². The second-order valence-corrected chi connectivity index (χ2v) is 5.16. The van der Waals surface area contributed by atoms with Gasteiger partial charge in [-0.3, -0.25) is 4.79 Å². The van der Waals surface area contributed by atoms with Crippen LogP contribution in [0.15, 0.2) is 46.9 Å². The van der Waals surface area contributed by atoms with Crippen LogP contribution in [0.1, 0.15) is 6.92 Å². The maximum absolute atomic E-state index is 13.5. The number of nitrogens with one attached hydrogen (secondary N) is 1. The molecule has 0 bridgehead atoms. The molecule has 0 aliphatic heterocycles. The van der Waals surface area contributed by atoms with Gasteiger partial charge in [-0.15, -0.1) is 0 Å². The number of halogens is 3. The summed E-state index contributed by atoms with van der Waals surface area (Å²) in [5, 5.41) is 2.30. The van der Waals surface area contributed by atoms with Crippen LogP contribution in [0.2, 0.25) is 0 Å². The number of hydrogen-bond donors (Lipinski definition) is 1. The molecule has 1 amide bonds. The molecule has 2 aromatic rings. The van der Waals surface area contributed by atoms with Crippen molar-refractivity contribution in [1.82, 2.24) is 0 Å². The van der Waals surface area contributed by atoms with Gasteiger partial charge in [0.15, 0.2) is 6.10 Å². The molecule has 0 radical (unpaired) electrons. The number of benzene rings is 2. The van der Waals surface area contributed by atoms with Crippen LogP contribution in [-0.4, -0.2) is 12.0 Å². The van der Waals surface area contributed by atoms with E-state index in [9.17, 15) is 13.6 Å². The smallest absolute Gasteiger partial charge is 0.265 e. The third-order valence-electron chi connectivity index (χ3n) is 2.70. The summed E-state index contributed by atoms with van der Waals surface area (Å²) in [7, 11) is 0. The first kappa shape index (κ1) is 15.4. The summed E-state index contributed by atoms with van der Waals surface area (Å²) in [5.74, 6) is -1.43. The third kappa shape index (κ3) is 4.01. The van der Waals surface area contributed by atoms with E-state index < -0.39 is 23.6 Å². The molecule has 0 saturated carbocycles. The van der Waals surface area contributed by atoms with Crippen molar-refractivity contribution in [2.75, 3.05) is 5.32 Å². The molecule has 110 valence electrons. The largest absolute Gasteiger partial charge is 0.480 e. The number of para-hydroxylation sites is 1. The van der Waals surface area contributed by atoms with Crippen molar-refractivity contribution >= 4 is 27.5 Å². The molecule has 2 rings (SSSR count). The maximum atomic E-state index is 13.5. The molecule has 0 fully saturated rings. The number of rotatable bonds is 4. The average molecular weight is 356 g/mol. The second-order valence-electron chi connectivity index (χ2n) is 4.30. The van der Waals surface area contributed by atoms with Crippen LogP contribution in [-0.2, 0) is 4.79 Å². The summed E-state index contributed by atoms with van der Waals surface area (Å²) in [6.07, 6.45) is -0.869. The van der Waals surface area contributed by atoms with Crippen molar-refractivity contribution in [3.05, 3.63) is 58.6 Å². The standard InChI is InChI=1S/C15H12BrF2NO2/c1-9(21-14-5-3-2-4-11(14)16)15(20)19-13-8-10(17)6-7-12(13)18/h2-9H,1H3,(H,19,20)/t9-/m1/s1. The normalized spacial score (nSPS) is 11.8. The van der Waals surface area contributed by atoms with Crippen LogP contribution in [0, 0.1) is 11.6 Å². The lowest BCUT2D eigenvalue weighted by Gasteiger charge is -2.16. The van der Waals surface area contributed by atoms with Crippen molar-refractivity contribution in [2.24, 2.45) is 0 Å². The fraction of sp³-hybridized carbons (Fsp3) is 0.133. The molecule has 6 heteroatoms. The molecular weight excluding hydrogens is 344 g/mol. The summed E-state index contributed by atoms with van der Waals surface area (Å²) in [5.41, 5.74) is -0.220.